The molecule has 20 heavy (non-hydrogen) atoms. The van der Waals surface area contributed by atoms with Gasteiger partial charge in [0.1, 0.15) is 0 Å². The number of hydrogen-bond donors (Lipinski definition) is 1. The first-order valence-electron chi connectivity index (χ1n) is 6.55. The molecule has 0 saturated heterocycles. The molecule has 1 unspecified atom stereocenters. The molecule has 1 amide bonds. The van der Waals surface area contributed by atoms with Crippen LogP contribution in [-0.2, 0) is 23.8 Å². The summed E-state index contributed by atoms with van der Waals surface area (Å²) in [4.78, 5) is 22.9. The van der Waals surface area contributed by atoms with Crippen LogP contribution in [0.25, 0.3) is 0 Å². The van der Waals surface area contributed by atoms with E-state index in [0.29, 0.717) is 32.8 Å². The van der Waals surface area contributed by atoms with Crippen LogP contribution in [0.15, 0.2) is 0 Å². The number of hydrogen-bond acceptors (Lipinski definition) is 5. The van der Waals surface area contributed by atoms with Gasteiger partial charge in [-0.05, 0) is 6.42 Å². The van der Waals surface area contributed by atoms with Gasteiger partial charge < -0.3 is 19.5 Å². The predicted octanol–water partition coefficient (Wildman–Crippen LogP) is 0.358. The molecule has 0 heterocycles. The topological polar surface area (TPSA) is 73.9 Å². The molecule has 6 nitrogen and oxygen atoms in total. The predicted molar refractivity (Wildman–Crippen MR) is 73.9 cm³/mol. The minimum absolute atomic E-state index is 0.0295. The smallest absolute Gasteiger partial charge is 0.306 e. The SMILES string of the molecule is C#CCOC(=O)CCC(C)C(=O)NCCOCCOC. The number of esters is 1. The lowest BCUT2D eigenvalue weighted by atomic mass is 10.1. The minimum atomic E-state index is -0.384. The maximum Gasteiger partial charge on any atom is 0.306 e. The molecule has 114 valence electrons. The number of amides is 1. The van der Waals surface area contributed by atoms with Crippen molar-refractivity contribution < 1.29 is 23.8 Å². The lowest BCUT2D eigenvalue weighted by molar-refractivity contribution is -0.142. The Morgan fingerprint density at radius 1 is 1.30 bits per heavy atom. The van der Waals surface area contributed by atoms with Crippen molar-refractivity contribution in [3.63, 3.8) is 0 Å². The first-order chi connectivity index (χ1) is 9.61. The summed E-state index contributed by atoms with van der Waals surface area (Å²) in [5.41, 5.74) is 0. The van der Waals surface area contributed by atoms with Crippen molar-refractivity contribution in [3.8, 4) is 12.3 Å². The van der Waals surface area contributed by atoms with Gasteiger partial charge in [-0.25, -0.2) is 0 Å². The van der Waals surface area contributed by atoms with Crippen LogP contribution in [0.3, 0.4) is 0 Å². The maximum absolute atomic E-state index is 11.7. The zero-order valence-electron chi connectivity index (χ0n) is 12.1. The molecule has 0 aliphatic heterocycles. The van der Waals surface area contributed by atoms with Crippen LogP contribution in [0, 0.1) is 18.3 Å². The second-order valence-electron chi connectivity index (χ2n) is 4.20. The highest BCUT2D eigenvalue weighted by Gasteiger charge is 2.14. The Morgan fingerprint density at radius 3 is 2.70 bits per heavy atom. The van der Waals surface area contributed by atoms with Gasteiger partial charge in [-0.1, -0.05) is 12.8 Å². The fourth-order valence-electron chi connectivity index (χ4n) is 1.32. The Kier molecular flexibility index (Phi) is 11.5. The van der Waals surface area contributed by atoms with E-state index in [1.807, 2.05) is 0 Å². The van der Waals surface area contributed by atoms with E-state index in [9.17, 15) is 9.59 Å². The first kappa shape index (κ1) is 18.4. The van der Waals surface area contributed by atoms with Crippen LogP contribution in [0.4, 0.5) is 0 Å². The summed E-state index contributed by atoms with van der Waals surface area (Å²) in [6.45, 7) is 3.64. The standard InChI is InChI=1S/C14H23NO5/c1-4-8-20-13(16)6-5-12(2)14(17)15-7-9-19-11-10-18-3/h1,12H,5-11H2,2-3H3,(H,15,17). The molecule has 1 atom stereocenters. The van der Waals surface area contributed by atoms with Gasteiger partial charge in [-0.3, -0.25) is 9.59 Å². The van der Waals surface area contributed by atoms with Crippen molar-refractivity contribution in [2.45, 2.75) is 19.8 Å². The molecule has 0 aromatic heterocycles. The summed E-state index contributed by atoms with van der Waals surface area (Å²) >= 11 is 0. The fourth-order valence-corrected chi connectivity index (χ4v) is 1.32. The van der Waals surface area contributed by atoms with Gasteiger partial charge in [0.2, 0.25) is 5.91 Å². The summed E-state index contributed by atoms with van der Waals surface area (Å²) in [5, 5.41) is 2.74. The van der Waals surface area contributed by atoms with Gasteiger partial charge in [-0.2, -0.15) is 0 Å². The number of nitrogens with one attached hydrogen (secondary N) is 1. The summed E-state index contributed by atoms with van der Waals surface area (Å²) in [5.74, 6) is 1.47. The number of methoxy groups -OCH3 is 1. The zero-order valence-corrected chi connectivity index (χ0v) is 12.1. The molecule has 0 aromatic carbocycles. The molecule has 0 aliphatic carbocycles. The van der Waals surface area contributed by atoms with Gasteiger partial charge in [0.15, 0.2) is 6.61 Å². The third-order valence-corrected chi connectivity index (χ3v) is 2.52. The van der Waals surface area contributed by atoms with Crippen molar-refractivity contribution in [1.29, 1.82) is 0 Å². The van der Waals surface area contributed by atoms with Gasteiger partial charge in [0, 0.05) is 26.0 Å². The number of carbonyl (C=O) groups excluding carboxylic acids is 2. The molecule has 0 radical (unpaired) electrons. The van der Waals surface area contributed by atoms with E-state index in [4.69, 9.17) is 20.6 Å². The van der Waals surface area contributed by atoms with E-state index in [1.54, 1.807) is 14.0 Å². The molecule has 0 aliphatic rings. The molecule has 0 rings (SSSR count). The molecular formula is C14H23NO5. The van der Waals surface area contributed by atoms with E-state index in [1.165, 1.54) is 0 Å². The van der Waals surface area contributed by atoms with Crippen molar-refractivity contribution in [3.05, 3.63) is 0 Å². The molecule has 0 spiro atoms. The van der Waals surface area contributed by atoms with Crippen molar-refractivity contribution in [1.82, 2.24) is 5.32 Å². The second kappa shape index (κ2) is 12.5. The molecule has 0 bridgehead atoms. The summed E-state index contributed by atoms with van der Waals surface area (Å²) in [6, 6.07) is 0. The first-order valence-corrected chi connectivity index (χ1v) is 6.55. The lowest BCUT2D eigenvalue weighted by Gasteiger charge is -2.11. The molecular weight excluding hydrogens is 262 g/mol. The Hall–Kier alpha value is -1.58. The van der Waals surface area contributed by atoms with Crippen LogP contribution >= 0.6 is 0 Å². The molecule has 0 fully saturated rings. The largest absolute Gasteiger partial charge is 0.452 e. The molecule has 0 saturated carbocycles. The van der Waals surface area contributed by atoms with Crippen LogP contribution in [0.5, 0.6) is 0 Å². The Balaban J connectivity index is 3.61. The average Bonchev–Trinajstić information content (AvgIpc) is 2.45. The van der Waals surface area contributed by atoms with Crippen LogP contribution < -0.4 is 5.32 Å². The third kappa shape index (κ3) is 10.4. The quantitative estimate of drug-likeness (QED) is 0.337. The highest BCUT2D eigenvalue weighted by molar-refractivity contribution is 5.79. The van der Waals surface area contributed by atoms with E-state index < -0.39 is 0 Å². The number of carbonyl (C=O) groups is 2. The van der Waals surface area contributed by atoms with Crippen LogP contribution in [-0.4, -0.2) is 52.0 Å². The lowest BCUT2D eigenvalue weighted by Crippen LogP contribution is -2.32. The van der Waals surface area contributed by atoms with Gasteiger partial charge in [0.05, 0.1) is 19.8 Å². The van der Waals surface area contributed by atoms with Crippen LogP contribution in [0.2, 0.25) is 0 Å². The van der Waals surface area contributed by atoms with Crippen molar-refractivity contribution in [2.75, 3.05) is 40.1 Å². The normalized spacial score (nSPS) is 11.4. The van der Waals surface area contributed by atoms with E-state index in [2.05, 4.69) is 11.2 Å². The monoisotopic (exact) mass is 285 g/mol. The Morgan fingerprint density at radius 2 is 2.05 bits per heavy atom. The van der Waals surface area contributed by atoms with E-state index >= 15 is 0 Å². The van der Waals surface area contributed by atoms with Gasteiger partial charge >= 0.3 is 5.97 Å². The zero-order chi connectivity index (χ0) is 15.2. The summed E-state index contributed by atoms with van der Waals surface area (Å²) < 4.78 is 14.8. The van der Waals surface area contributed by atoms with Gasteiger partial charge in [-0.15, -0.1) is 6.42 Å². The van der Waals surface area contributed by atoms with Crippen molar-refractivity contribution >= 4 is 11.9 Å². The number of terminal acetylenes is 1. The van der Waals surface area contributed by atoms with E-state index in [0.717, 1.165) is 0 Å². The highest BCUT2D eigenvalue weighted by Crippen LogP contribution is 2.06. The molecule has 6 heteroatoms. The molecule has 0 aromatic rings. The highest BCUT2D eigenvalue weighted by atomic mass is 16.5. The van der Waals surface area contributed by atoms with Gasteiger partial charge in [0.25, 0.3) is 0 Å². The Labute approximate surface area is 120 Å². The van der Waals surface area contributed by atoms with Crippen molar-refractivity contribution in [2.24, 2.45) is 5.92 Å². The van der Waals surface area contributed by atoms with Crippen LogP contribution in [0.1, 0.15) is 19.8 Å². The third-order valence-electron chi connectivity index (χ3n) is 2.52. The Bertz CT molecular complexity index is 324. The average molecular weight is 285 g/mol. The number of ether oxygens (including phenoxy) is 3. The minimum Gasteiger partial charge on any atom is -0.452 e. The van der Waals surface area contributed by atoms with E-state index in [-0.39, 0.29) is 30.8 Å². The fraction of sp³-hybridized carbons (Fsp3) is 0.714. The summed E-state index contributed by atoms with van der Waals surface area (Å²) in [6.07, 6.45) is 5.58. The number of rotatable bonds is 11. The maximum atomic E-state index is 11.7. The molecule has 1 N–H and O–H groups in total. The second-order valence-corrected chi connectivity index (χ2v) is 4.20. The summed E-state index contributed by atoms with van der Waals surface area (Å²) in [7, 11) is 1.60.